The average Bonchev–Trinajstić information content (AvgIpc) is 2.89. The van der Waals surface area contributed by atoms with Crippen molar-refractivity contribution < 1.29 is 29.0 Å². The minimum absolute atomic E-state index is 0.285. The molecule has 8 heteroatoms. The van der Waals surface area contributed by atoms with E-state index in [4.69, 9.17) is 9.47 Å². The van der Waals surface area contributed by atoms with Gasteiger partial charge < -0.3 is 24.3 Å². The van der Waals surface area contributed by atoms with Crippen molar-refractivity contribution in [1.29, 1.82) is 0 Å². The van der Waals surface area contributed by atoms with Crippen LogP contribution in [-0.2, 0) is 18.8 Å². The third kappa shape index (κ3) is 14.2. The molecule has 0 heterocycles. The van der Waals surface area contributed by atoms with Crippen molar-refractivity contribution in [3.63, 3.8) is 0 Å². The first kappa shape index (κ1) is 34.0. The number of aliphatic carboxylic acids is 1. The van der Waals surface area contributed by atoms with Gasteiger partial charge in [-0.2, -0.15) is 0 Å². The summed E-state index contributed by atoms with van der Waals surface area (Å²) in [6, 6.07) is 0. The number of unbranched alkanes of at least 4 members (excludes halogenated alkanes) is 8. The fourth-order valence-corrected chi connectivity index (χ4v) is 7.21. The number of carbonyl (C=O) groups is 1. The van der Waals surface area contributed by atoms with Crippen LogP contribution in [0.5, 0.6) is 0 Å². The molecule has 4 unspecified atom stereocenters. The second-order valence-electron chi connectivity index (χ2n) is 10.5. The van der Waals surface area contributed by atoms with Crippen molar-refractivity contribution in [2.75, 3.05) is 25.6 Å². The van der Waals surface area contributed by atoms with E-state index in [-0.39, 0.29) is 6.61 Å². The van der Waals surface area contributed by atoms with Gasteiger partial charge in [0.1, 0.15) is 13.9 Å². The third-order valence-electron chi connectivity index (χ3n) is 7.43. The number of carboxylic acid groups (broad SMARTS) is 1. The van der Waals surface area contributed by atoms with Crippen LogP contribution < -0.4 is 0 Å². The molecule has 214 valence electrons. The standard InChI is InChI=1S/C28H55O6PS/c1-3-5-7-8-9-10-11-15-20-33-21-16-22-34-27(28(31,35-32)26(29)30)36-23-25(17-6-4-2)24-18-13-12-14-19-24/h24-25,27,31H,3-23,35H2,1-2H3,(H,29,30). The van der Waals surface area contributed by atoms with Crippen LogP contribution in [0.2, 0.25) is 0 Å². The van der Waals surface area contributed by atoms with E-state index >= 15 is 0 Å². The second-order valence-corrected chi connectivity index (χ2v) is 12.7. The Balaban J connectivity index is 2.41. The van der Waals surface area contributed by atoms with Crippen LogP contribution in [0.15, 0.2) is 0 Å². The van der Waals surface area contributed by atoms with Gasteiger partial charge >= 0.3 is 5.97 Å². The monoisotopic (exact) mass is 550 g/mol. The van der Waals surface area contributed by atoms with Gasteiger partial charge in [0.15, 0.2) is 0 Å². The molecule has 36 heavy (non-hydrogen) atoms. The SMILES string of the molecule is CCCCCCCCCCOCCCOC(SCC(CCCC)C1CCCCC1)C(O)([PH2]=O)C(=O)O. The maximum Gasteiger partial charge on any atom is 0.346 e. The van der Waals surface area contributed by atoms with Gasteiger partial charge in [0.25, 0.3) is 0 Å². The van der Waals surface area contributed by atoms with E-state index in [0.717, 1.165) is 38.0 Å². The predicted octanol–water partition coefficient (Wildman–Crippen LogP) is 7.53. The summed E-state index contributed by atoms with van der Waals surface area (Å²) >= 11 is 1.34. The lowest BCUT2D eigenvalue weighted by Crippen LogP contribution is -2.45. The summed E-state index contributed by atoms with van der Waals surface area (Å²) in [6.07, 6.45) is 20.4. The Morgan fingerprint density at radius 3 is 2.14 bits per heavy atom. The van der Waals surface area contributed by atoms with Crippen LogP contribution in [0.25, 0.3) is 0 Å². The lowest BCUT2D eigenvalue weighted by molar-refractivity contribution is -0.156. The molecular formula is C28H55O6PS. The lowest BCUT2D eigenvalue weighted by Gasteiger charge is -2.33. The number of ether oxygens (including phenoxy) is 2. The Hall–Kier alpha value is -0.0700. The van der Waals surface area contributed by atoms with E-state index in [2.05, 4.69) is 13.8 Å². The van der Waals surface area contributed by atoms with Crippen LogP contribution in [0.1, 0.15) is 123 Å². The molecule has 6 nitrogen and oxygen atoms in total. The van der Waals surface area contributed by atoms with Gasteiger partial charge in [0.2, 0.25) is 5.34 Å². The topological polar surface area (TPSA) is 93.1 Å². The average molecular weight is 551 g/mol. The minimum atomic E-state index is -2.33. The third-order valence-corrected chi connectivity index (χ3v) is 10.0. The Kier molecular flexibility index (Phi) is 20.6. The lowest BCUT2D eigenvalue weighted by atomic mass is 9.79. The molecule has 1 fully saturated rings. The summed E-state index contributed by atoms with van der Waals surface area (Å²) in [6.45, 7) is 5.99. The molecule has 4 atom stereocenters. The highest BCUT2D eigenvalue weighted by molar-refractivity contribution is 8.00. The van der Waals surface area contributed by atoms with E-state index < -0.39 is 25.2 Å². The van der Waals surface area contributed by atoms with Gasteiger partial charge in [0, 0.05) is 13.2 Å². The number of hydrogen-bond donors (Lipinski definition) is 2. The second kappa shape index (κ2) is 21.8. The van der Waals surface area contributed by atoms with Crippen LogP contribution in [0.4, 0.5) is 0 Å². The van der Waals surface area contributed by atoms with Gasteiger partial charge in [-0.15, -0.1) is 11.8 Å². The molecule has 0 spiro atoms. The fraction of sp³-hybridized carbons (Fsp3) is 0.964. The summed E-state index contributed by atoms with van der Waals surface area (Å²) in [5.41, 5.74) is -1.03. The zero-order valence-corrected chi connectivity index (χ0v) is 25.1. The molecule has 2 N–H and O–H groups in total. The minimum Gasteiger partial charge on any atom is -0.479 e. The molecule has 0 bridgehead atoms. The first-order valence-corrected chi connectivity index (χ1v) is 16.8. The largest absolute Gasteiger partial charge is 0.479 e. The molecule has 0 amide bonds. The highest BCUT2D eigenvalue weighted by Crippen LogP contribution is 2.39. The van der Waals surface area contributed by atoms with Gasteiger partial charge in [-0.1, -0.05) is 104 Å². The Morgan fingerprint density at radius 2 is 1.53 bits per heavy atom. The maximum absolute atomic E-state index is 11.8. The van der Waals surface area contributed by atoms with Gasteiger partial charge in [-0.25, -0.2) is 4.79 Å². The molecule has 0 saturated heterocycles. The van der Waals surface area contributed by atoms with Crippen LogP contribution >= 0.6 is 20.2 Å². The summed E-state index contributed by atoms with van der Waals surface area (Å²) in [4.78, 5) is 11.8. The summed E-state index contributed by atoms with van der Waals surface area (Å²) in [7, 11) is -1.93. The zero-order chi connectivity index (χ0) is 26.5. The molecule has 0 aromatic heterocycles. The number of carboxylic acids is 1. The van der Waals surface area contributed by atoms with E-state index in [1.807, 2.05) is 0 Å². The Bertz CT molecular complexity index is 560. The summed E-state index contributed by atoms with van der Waals surface area (Å²) < 4.78 is 23.4. The molecule has 1 aliphatic rings. The van der Waals surface area contributed by atoms with Crippen LogP contribution in [0, 0.1) is 11.8 Å². The van der Waals surface area contributed by atoms with Gasteiger partial charge in [-0.3, -0.25) is 0 Å². The number of rotatable bonds is 24. The molecule has 0 aromatic rings. The molecule has 1 saturated carbocycles. The number of aliphatic hydroxyl groups is 1. The molecule has 0 aliphatic heterocycles. The summed E-state index contributed by atoms with van der Waals surface area (Å²) in [5, 5.41) is 18.0. The molecule has 0 radical (unpaired) electrons. The van der Waals surface area contributed by atoms with Crippen molar-refractivity contribution in [1.82, 2.24) is 0 Å². The van der Waals surface area contributed by atoms with Crippen LogP contribution in [-0.4, -0.2) is 52.5 Å². The first-order valence-electron chi connectivity index (χ1n) is 14.7. The molecule has 0 aromatic carbocycles. The fourth-order valence-electron chi connectivity index (χ4n) is 5.04. The summed E-state index contributed by atoms with van der Waals surface area (Å²) in [5.74, 6) is 0.412. The smallest absolute Gasteiger partial charge is 0.346 e. The zero-order valence-electron chi connectivity index (χ0n) is 23.1. The quantitative estimate of drug-likeness (QED) is 0.0729. The number of hydrogen-bond acceptors (Lipinski definition) is 6. The van der Waals surface area contributed by atoms with Crippen molar-refractivity contribution in [2.45, 2.75) is 134 Å². The Morgan fingerprint density at radius 1 is 0.917 bits per heavy atom. The van der Waals surface area contributed by atoms with Crippen LogP contribution in [0.3, 0.4) is 0 Å². The first-order chi connectivity index (χ1) is 17.5. The highest BCUT2D eigenvalue weighted by atomic mass is 32.2. The van der Waals surface area contributed by atoms with Crippen molar-refractivity contribution in [2.24, 2.45) is 11.8 Å². The molecular weight excluding hydrogens is 495 g/mol. The normalized spacial score (nSPS) is 18.4. The predicted molar refractivity (Wildman–Crippen MR) is 153 cm³/mol. The number of thioether (sulfide) groups is 1. The van der Waals surface area contributed by atoms with Gasteiger partial charge in [-0.05, 0) is 36.9 Å². The van der Waals surface area contributed by atoms with Crippen molar-refractivity contribution >= 4 is 26.2 Å². The molecule has 1 rings (SSSR count). The Labute approximate surface area is 226 Å². The molecule has 1 aliphatic carbocycles. The van der Waals surface area contributed by atoms with Gasteiger partial charge in [0.05, 0.1) is 6.61 Å². The highest BCUT2D eigenvalue weighted by Gasteiger charge is 2.45. The van der Waals surface area contributed by atoms with Crippen molar-refractivity contribution in [3.8, 4) is 0 Å². The maximum atomic E-state index is 11.8. The van der Waals surface area contributed by atoms with Crippen molar-refractivity contribution in [3.05, 3.63) is 0 Å². The van der Waals surface area contributed by atoms with E-state index in [9.17, 15) is 19.6 Å². The van der Waals surface area contributed by atoms with E-state index in [1.165, 1.54) is 88.8 Å². The van der Waals surface area contributed by atoms with E-state index in [1.54, 1.807) is 0 Å². The van der Waals surface area contributed by atoms with E-state index in [0.29, 0.717) is 24.9 Å².